The third-order valence-corrected chi connectivity index (χ3v) is 2.65. The van der Waals surface area contributed by atoms with E-state index in [1.807, 2.05) is 6.07 Å². The third-order valence-electron chi connectivity index (χ3n) is 2.65. The lowest BCUT2D eigenvalue weighted by Gasteiger charge is -2.20. The van der Waals surface area contributed by atoms with Crippen molar-refractivity contribution in [2.45, 2.75) is 13.8 Å². The summed E-state index contributed by atoms with van der Waals surface area (Å²) in [6, 6.07) is 7.04. The Hall–Kier alpha value is -2.22. The Labute approximate surface area is 106 Å². The Morgan fingerprint density at radius 1 is 1.56 bits per heavy atom. The van der Waals surface area contributed by atoms with E-state index in [-0.39, 0.29) is 6.54 Å². The van der Waals surface area contributed by atoms with Gasteiger partial charge in [-0.3, -0.25) is 4.79 Å². The number of ether oxygens (including phenoxy) is 1. The molecule has 2 N–H and O–H groups in total. The molecule has 0 aromatic heterocycles. The highest BCUT2D eigenvalue weighted by atomic mass is 16.5. The first-order chi connectivity index (χ1) is 8.40. The monoisotopic (exact) mass is 248 g/mol. The van der Waals surface area contributed by atoms with Gasteiger partial charge in [-0.15, -0.1) is 0 Å². The quantitative estimate of drug-likeness (QED) is 0.833. The molecule has 1 rings (SSSR count). The highest BCUT2D eigenvalue weighted by Crippen LogP contribution is 2.24. The molecular weight excluding hydrogens is 232 g/mol. The van der Waals surface area contributed by atoms with E-state index in [0.29, 0.717) is 17.0 Å². The van der Waals surface area contributed by atoms with Gasteiger partial charge in [-0.05, 0) is 26.0 Å². The molecule has 1 aromatic rings. The second kappa shape index (κ2) is 5.41. The summed E-state index contributed by atoms with van der Waals surface area (Å²) >= 11 is 0. The van der Waals surface area contributed by atoms with Crippen molar-refractivity contribution >= 4 is 11.7 Å². The SMILES string of the molecule is COc1ccc(C#N)c(NCC(C)(C)C(=O)O)c1. The number of benzene rings is 1. The first-order valence-electron chi connectivity index (χ1n) is 5.46. The summed E-state index contributed by atoms with van der Waals surface area (Å²) < 4.78 is 5.07. The van der Waals surface area contributed by atoms with Gasteiger partial charge in [0.25, 0.3) is 0 Å². The minimum absolute atomic E-state index is 0.226. The van der Waals surface area contributed by atoms with Crippen LogP contribution >= 0.6 is 0 Å². The zero-order valence-corrected chi connectivity index (χ0v) is 10.7. The molecule has 0 saturated carbocycles. The Kier molecular flexibility index (Phi) is 4.16. The molecule has 0 aliphatic heterocycles. The number of carboxylic acids is 1. The number of aliphatic carboxylic acids is 1. The van der Waals surface area contributed by atoms with Crippen LogP contribution in [0.3, 0.4) is 0 Å². The highest BCUT2D eigenvalue weighted by molar-refractivity contribution is 5.74. The van der Waals surface area contributed by atoms with Crippen LogP contribution < -0.4 is 10.1 Å². The minimum Gasteiger partial charge on any atom is -0.497 e. The van der Waals surface area contributed by atoms with Crippen LogP contribution in [-0.4, -0.2) is 24.7 Å². The van der Waals surface area contributed by atoms with Gasteiger partial charge in [0.1, 0.15) is 11.8 Å². The van der Waals surface area contributed by atoms with Gasteiger partial charge in [0.15, 0.2) is 0 Å². The smallest absolute Gasteiger partial charge is 0.310 e. The molecule has 0 amide bonds. The number of carboxylic acid groups (broad SMARTS) is 1. The summed E-state index contributed by atoms with van der Waals surface area (Å²) in [6.07, 6.45) is 0. The standard InChI is InChI=1S/C13H16N2O3/c1-13(2,12(16)17)8-15-11-6-10(18-3)5-4-9(11)7-14/h4-6,15H,8H2,1-3H3,(H,16,17). The average Bonchev–Trinajstić information content (AvgIpc) is 2.35. The van der Waals surface area contributed by atoms with Gasteiger partial charge >= 0.3 is 5.97 Å². The van der Waals surface area contributed by atoms with E-state index in [1.54, 1.807) is 32.0 Å². The molecule has 1 aromatic carbocycles. The summed E-state index contributed by atoms with van der Waals surface area (Å²) in [5.74, 6) is -0.277. The van der Waals surface area contributed by atoms with Crippen LogP contribution in [0.4, 0.5) is 5.69 Å². The van der Waals surface area contributed by atoms with Crippen molar-refractivity contribution in [3.8, 4) is 11.8 Å². The number of nitrogens with zero attached hydrogens (tertiary/aromatic N) is 1. The number of carbonyl (C=O) groups is 1. The zero-order chi connectivity index (χ0) is 13.8. The third kappa shape index (κ3) is 3.14. The van der Waals surface area contributed by atoms with E-state index in [0.717, 1.165) is 0 Å². The van der Waals surface area contributed by atoms with E-state index in [4.69, 9.17) is 15.1 Å². The summed E-state index contributed by atoms with van der Waals surface area (Å²) in [4.78, 5) is 11.0. The van der Waals surface area contributed by atoms with Gasteiger partial charge in [-0.2, -0.15) is 5.26 Å². The average molecular weight is 248 g/mol. The molecule has 0 unspecified atom stereocenters. The maximum Gasteiger partial charge on any atom is 0.310 e. The van der Waals surface area contributed by atoms with Crippen molar-refractivity contribution in [2.75, 3.05) is 19.0 Å². The van der Waals surface area contributed by atoms with Crippen molar-refractivity contribution in [2.24, 2.45) is 5.41 Å². The molecule has 0 heterocycles. The number of hydrogen-bond acceptors (Lipinski definition) is 4. The molecule has 0 aliphatic rings. The fraction of sp³-hybridized carbons (Fsp3) is 0.385. The number of nitriles is 1. The van der Waals surface area contributed by atoms with E-state index in [2.05, 4.69) is 5.32 Å². The zero-order valence-electron chi connectivity index (χ0n) is 10.7. The molecule has 0 fully saturated rings. The number of anilines is 1. The molecular formula is C13H16N2O3. The molecule has 5 nitrogen and oxygen atoms in total. The lowest BCUT2D eigenvalue weighted by atomic mass is 9.93. The first kappa shape index (κ1) is 13.8. The van der Waals surface area contributed by atoms with Gasteiger partial charge in [0.2, 0.25) is 0 Å². The summed E-state index contributed by atoms with van der Waals surface area (Å²) in [6.45, 7) is 3.47. The summed E-state index contributed by atoms with van der Waals surface area (Å²) in [5, 5.41) is 21.0. The molecule has 0 radical (unpaired) electrons. The van der Waals surface area contributed by atoms with Crippen molar-refractivity contribution in [1.29, 1.82) is 5.26 Å². The fourth-order valence-corrected chi connectivity index (χ4v) is 1.29. The maximum absolute atomic E-state index is 11.0. The fourth-order valence-electron chi connectivity index (χ4n) is 1.29. The van der Waals surface area contributed by atoms with Crippen LogP contribution in [0.15, 0.2) is 18.2 Å². The largest absolute Gasteiger partial charge is 0.497 e. The predicted octanol–water partition coefficient (Wildman–Crippen LogP) is 2.09. The number of rotatable bonds is 5. The predicted molar refractivity (Wildman–Crippen MR) is 67.6 cm³/mol. The normalized spacial score (nSPS) is 10.6. The minimum atomic E-state index is -0.907. The van der Waals surface area contributed by atoms with Crippen LogP contribution in [0.5, 0.6) is 5.75 Å². The Bertz CT molecular complexity index is 489. The summed E-state index contributed by atoms with van der Waals surface area (Å²) in [5.41, 5.74) is 0.124. The molecule has 96 valence electrons. The van der Waals surface area contributed by atoms with Crippen molar-refractivity contribution in [3.63, 3.8) is 0 Å². The van der Waals surface area contributed by atoms with Crippen molar-refractivity contribution in [3.05, 3.63) is 23.8 Å². The van der Waals surface area contributed by atoms with Crippen LogP contribution in [0.2, 0.25) is 0 Å². The molecule has 18 heavy (non-hydrogen) atoms. The molecule has 0 aliphatic carbocycles. The van der Waals surface area contributed by atoms with E-state index >= 15 is 0 Å². The van der Waals surface area contributed by atoms with Crippen molar-refractivity contribution < 1.29 is 14.6 Å². The Morgan fingerprint density at radius 2 is 2.22 bits per heavy atom. The highest BCUT2D eigenvalue weighted by Gasteiger charge is 2.27. The Balaban J connectivity index is 2.90. The van der Waals surface area contributed by atoms with Crippen molar-refractivity contribution in [1.82, 2.24) is 0 Å². The van der Waals surface area contributed by atoms with Gasteiger partial charge in [0.05, 0.1) is 23.8 Å². The number of nitrogens with one attached hydrogen (secondary N) is 1. The maximum atomic E-state index is 11.0. The second-order valence-corrected chi connectivity index (χ2v) is 4.57. The van der Waals surface area contributed by atoms with Gasteiger partial charge in [-0.25, -0.2) is 0 Å². The molecule has 0 atom stereocenters. The van der Waals surface area contributed by atoms with Gasteiger partial charge in [-0.1, -0.05) is 0 Å². The topological polar surface area (TPSA) is 82.3 Å². The number of hydrogen-bond donors (Lipinski definition) is 2. The Morgan fingerprint density at radius 3 is 2.72 bits per heavy atom. The molecule has 0 bridgehead atoms. The lowest BCUT2D eigenvalue weighted by molar-refractivity contribution is -0.146. The molecule has 0 spiro atoms. The van der Waals surface area contributed by atoms with Crippen LogP contribution in [0.25, 0.3) is 0 Å². The lowest BCUT2D eigenvalue weighted by Crippen LogP contribution is -2.31. The van der Waals surface area contributed by atoms with Crippen LogP contribution in [0.1, 0.15) is 19.4 Å². The molecule has 0 saturated heterocycles. The summed E-state index contributed by atoms with van der Waals surface area (Å²) in [7, 11) is 1.53. The van der Waals surface area contributed by atoms with E-state index in [9.17, 15) is 4.79 Å². The van der Waals surface area contributed by atoms with E-state index < -0.39 is 11.4 Å². The van der Waals surface area contributed by atoms with Crippen LogP contribution in [0, 0.1) is 16.7 Å². The van der Waals surface area contributed by atoms with Gasteiger partial charge in [0, 0.05) is 12.6 Å². The molecule has 5 heteroatoms. The van der Waals surface area contributed by atoms with Gasteiger partial charge < -0.3 is 15.2 Å². The van der Waals surface area contributed by atoms with Crippen LogP contribution in [-0.2, 0) is 4.79 Å². The second-order valence-electron chi connectivity index (χ2n) is 4.57. The van der Waals surface area contributed by atoms with E-state index in [1.165, 1.54) is 7.11 Å². The number of methoxy groups -OCH3 is 1. The first-order valence-corrected chi connectivity index (χ1v) is 5.46.